The van der Waals surface area contributed by atoms with Crippen molar-refractivity contribution >= 4 is 34.8 Å². The Hall–Kier alpha value is -0.770. The number of carbonyl (C=O) groups is 1. The predicted molar refractivity (Wildman–Crippen MR) is 64.0 cm³/mol. The molecular formula is C11H11Cl2NO2. The minimum absolute atomic E-state index is 0.0316. The normalized spacial score (nSPS) is 19.8. The Morgan fingerprint density at radius 3 is 2.81 bits per heavy atom. The zero-order valence-electron chi connectivity index (χ0n) is 8.50. The third-order valence-electron chi connectivity index (χ3n) is 2.49. The highest BCUT2D eigenvalue weighted by Crippen LogP contribution is 2.25. The fraction of sp³-hybridized carbons (Fsp3) is 0.364. The number of halogens is 2. The maximum Gasteiger partial charge on any atom is 0.229 e. The zero-order chi connectivity index (χ0) is 11.5. The summed E-state index contributed by atoms with van der Waals surface area (Å²) in [6, 6.07) is 5.02. The maximum atomic E-state index is 11.7. The summed E-state index contributed by atoms with van der Waals surface area (Å²) in [5.74, 6) is -0.0923. The summed E-state index contributed by atoms with van der Waals surface area (Å²) >= 11 is 11.6. The monoisotopic (exact) mass is 259 g/mol. The first-order chi connectivity index (χ1) is 7.66. The van der Waals surface area contributed by atoms with Gasteiger partial charge in [0.1, 0.15) is 0 Å². The Kier molecular flexibility index (Phi) is 3.69. The van der Waals surface area contributed by atoms with Gasteiger partial charge in [0.15, 0.2) is 0 Å². The van der Waals surface area contributed by atoms with Gasteiger partial charge < -0.3 is 10.1 Å². The third-order valence-corrected chi connectivity index (χ3v) is 3.23. The summed E-state index contributed by atoms with van der Waals surface area (Å²) in [7, 11) is 0. The number of hydrogen-bond acceptors (Lipinski definition) is 2. The summed E-state index contributed by atoms with van der Waals surface area (Å²) in [5, 5.41) is 3.70. The average Bonchev–Trinajstić information content (AvgIpc) is 2.77. The van der Waals surface area contributed by atoms with Crippen molar-refractivity contribution < 1.29 is 9.53 Å². The Labute approximate surface area is 104 Å². The quantitative estimate of drug-likeness (QED) is 0.887. The van der Waals surface area contributed by atoms with Crippen LogP contribution in [0.5, 0.6) is 0 Å². The highest BCUT2D eigenvalue weighted by molar-refractivity contribution is 6.42. The van der Waals surface area contributed by atoms with Crippen molar-refractivity contribution in [2.24, 2.45) is 5.92 Å². The topological polar surface area (TPSA) is 38.3 Å². The lowest BCUT2D eigenvalue weighted by Gasteiger charge is -2.09. The average molecular weight is 260 g/mol. The van der Waals surface area contributed by atoms with E-state index in [2.05, 4.69) is 5.32 Å². The van der Waals surface area contributed by atoms with Gasteiger partial charge in [0, 0.05) is 12.3 Å². The Morgan fingerprint density at radius 1 is 1.38 bits per heavy atom. The van der Waals surface area contributed by atoms with Crippen molar-refractivity contribution in [3.63, 3.8) is 0 Å². The first-order valence-electron chi connectivity index (χ1n) is 5.00. The van der Waals surface area contributed by atoms with Gasteiger partial charge in [0.25, 0.3) is 0 Å². The van der Waals surface area contributed by atoms with Crippen molar-refractivity contribution in [3.05, 3.63) is 28.2 Å². The number of anilines is 1. The second-order valence-electron chi connectivity index (χ2n) is 3.68. The Balaban J connectivity index is 2.02. The molecule has 0 spiro atoms. The van der Waals surface area contributed by atoms with E-state index >= 15 is 0 Å². The van der Waals surface area contributed by atoms with Crippen LogP contribution in [-0.4, -0.2) is 19.1 Å². The van der Waals surface area contributed by atoms with Crippen LogP contribution < -0.4 is 5.32 Å². The largest absolute Gasteiger partial charge is 0.381 e. The summed E-state index contributed by atoms with van der Waals surface area (Å²) in [5.41, 5.74) is 0.659. The molecule has 1 unspecified atom stereocenters. The van der Waals surface area contributed by atoms with E-state index in [4.69, 9.17) is 27.9 Å². The smallest absolute Gasteiger partial charge is 0.229 e. The minimum atomic E-state index is -0.0607. The number of nitrogens with one attached hydrogen (secondary N) is 1. The maximum absolute atomic E-state index is 11.7. The molecule has 0 bridgehead atoms. The molecule has 1 aromatic rings. The van der Waals surface area contributed by atoms with E-state index in [1.54, 1.807) is 18.2 Å². The zero-order valence-corrected chi connectivity index (χ0v) is 10.0. The third kappa shape index (κ3) is 2.67. The summed E-state index contributed by atoms with van der Waals surface area (Å²) in [6.07, 6.45) is 0.771. The van der Waals surface area contributed by atoms with Gasteiger partial charge in [0.05, 0.1) is 22.6 Å². The molecule has 1 fully saturated rings. The number of ether oxygens (including phenoxy) is 1. The molecule has 1 N–H and O–H groups in total. The van der Waals surface area contributed by atoms with Crippen LogP contribution in [0.4, 0.5) is 5.69 Å². The Morgan fingerprint density at radius 2 is 2.19 bits per heavy atom. The molecule has 5 heteroatoms. The van der Waals surface area contributed by atoms with Gasteiger partial charge in [0.2, 0.25) is 5.91 Å². The number of carbonyl (C=O) groups excluding carboxylic acids is 1. The number of rotatable bonds is 2. The molecule has 0 radical (unpaired) electrons. The van der Waals surface area contributed by atoms with Crippen molar-refractivity contribution in [1.82, 2.24) is 0 Å². The van der Waals surface area contributed by atoms with Crippen LogP contribution in [0.3, 0.4) is 0 Å². The molecule has 1 heterocycles. The van der Waals surface area contributed by atoms with Gasteiger partial charge in [-0.3, -0.25) is 4.79 Å². The molecular weight excluding hydrogens is 249 g/mol. The summed E-state index contributed by atoms with van der Waals surface area (Å²) in [6.45, 7) is 1.15. The number of hydrogen-bond donors (Lipinski definition) is 1. The van der Waals surface area contributed by atoms with Gasteiger partial charge in [-0.1, -0.05) is 23.2 Å². The molecule has 1 amide bonds. The number of amides is 1. The van der Waals surface area contributed by atoms with E-state index in [-0.39, 0.29) is 11.8 Å². The molecule has 1 aliphatic heterocycles. The molecule has 1 aliphatic rings. The van der Waals surface area contributed by atoms with Crippen molar-refractivity contribution in [1.29, 1.82) is 0 Å². The first kappa shape index (κ1) is 11.7. The molecule has 16 heavy (non-hydrogen) atoms. The van der Waals surface area contributed by atoms with Gasteiger partial charge >= 0.3 is 0 Å². The van der Waals surface area contributed by atoms with Crippen LogP contribution in [0.2, 0.25) is 10.0 Å². The number of benzene rings is 1. The Bertz CT molecular complexity index is 403. The van der Waals surface area contributed by atoms with Gasteiger partial charge in [-0.2, -0.15) is 0 Å². The molecule has 0 saturated carbocycles. The molecule has 2 rings (SSSR count). The van der Waals surface area contributed by atoms with Crippen molar-refractivity contribution in [2.45, 2.75) is 6.42 Å². The fourth-order valence-electron chi connectivity index (χ4n) is 1.56. The van der Waals surface area contributed by atoms with Crippen LogP contribution in [-0.2, 0) is 9.53 Å². The SMILES string of the molecule is O=C(Nc1ccc(Cl)c(Cl)c1)C1CCOC1. The minimum Gasteiger partial charge on any atom is -0.381 e. The second-order valence-corrected chi connectivity index (χ2v) is 4.49. The lowest BCUT2D eigenvalue weighted by atomic mass is 10.1. The molecule has 0 aliphatic carbocycles. The van der Waals surface area contributed by atoms with E-state index in [0.29, 0.717) is 28.9 Å². The fourth-order valence-corrected chi connectivity index (χ4v) is 1.86. The van der Waals surface area contributed by atoms with Crippen LogP contribution in [0, 0.1) is 5.92 Å². The lowest BCUT2D eigenvalue weighted by molar-refractivity contribution is -0.119. The molecule has 1 atom stereocenters. The van der Waals surface area contributed by atoms with Crippen LogP contribution in [0.25, 0.3) is 0 Å². The van der Waals surface area contributed by atoms with Crippen LogP contribution in [0.1, 0.15) is 6.42 Å². The van der Waals surface area contributed by atoms with Gasteiger partial charge in [-0.25, -0.2) is 0 Å². The van der Waals surface area contributed by atoms with Gasteiger partial charge in [-0.05, 0) is 24.6 Å². The van der Waals surface area contributed by atoms with Crippen molar-refractivity contribution in [3.8, 4) is 0 Å². The van der Waals surface area contributed by atoms with Crippen LogP contribution in [0.15, 0.2) is 18.2 Å². The molecule has 86 valence electrons. The molecule has 0 aromatic heterocycles. The van der Waals surface area contributed by atoms with E-state index in [9.17, 15) is 4.79 Å². The summed E-state index contributed by atoms with van der Waals surface area (Å²) in [4.78, 5) is 11.7. The standard InChI is InChI=1S/C11H11Cl2NO2/c12-9-2-1-8(5-10(9)13)14-11(15)7-3-4-16-6-7/h1-2,5,7H,3-4,6H2,(H,14,15). The summed E-state index contributed by atoms with van der Waals surface area (Å²) < 4.78 is 5.15. The van der Waals surface area contributed by atoms with E-state index in [0.717, 1.165) is 6.42 Å². The predicted octanol–water partition coefficient (Wildman–Crippen LogP) is 2.97. The first-order valence-corrected chi connectivity index (χ1v) is 5.76. The van der Waals surface area contributed by atoms with E-state index in [1.807, 2.05) is 0 Å². The van der Waals surface area contributed by atoms with E-state index in [1.165, 1.54) is 0 Å². The second kappa shape index (κ2) is 5.04. The van der Waals surface area contributed by atoms with Crippen molar-refractivity contribution in [2.75, 3.05) is 18.5 Å². The highest BCUT2D eigenvalue weighted by atomic mass is 35.5. The lowest BCUT2D eigenvalue weighted by Crippen LogP contribution is -2.22. The molecule has 1 aromatic carbocycles. The molecule has 3 nitrogen and oxygen atoms in total. The highest BCUT2D eigenvalue weighted by Gasteiger charge is 2.23. The molecule has 1 saturated heterocycles. The van der Waals surface area contributed by atoms with Crippen LogP contribution >= 0.6 is 23.2 Å². The van der Waals surface area contributed by atoms with E-state index < -0.39 is 0 Å². The van der Waals surface area contributed by atoms with Gasteiger partial charge in [-0.15, -0.1) is 0 Å².